The van der Waals surface area contributed by atoms with Crippen LogP contribution in [0.3, 0.4) is 0 Å². The number of benzene rings is 2. The molecule has 0 bridgehead atoms. The molecule has 4 aliphatic heterocycles. The largest absolute Gasteiger partial charge is 0.324 e. The first-order chi connectivity index (χ1) is 14.0. The van der Waals surface area contributed by atoms with Crippen LogP contribution in [0.1, 0.15) is 24.0 Å². The minimum Gasteiger partial charge on any atom is -0.324 e. The molecule has 6 heteroatoms. The van der Waals surface area contributed by atoms with E-state index in [1.165, 1.54) is 4.90 Å². The van der Waals surface area contributed by atoms with Gasteiger partial charge in [0.15, 0.2) is 0 Å². The zero-order valence-corrected chi connectivity index (χ0v) is 16.1. The van der Waals surface area contributed by atoms with Crippen LogP contribution in [-0.4, -0.2) is 35.2 Å². The van der Waals surface area contributed by atoms with E-state index in [9.17, 15) is 14.4 Å². The average Bonchev–Trinajstić information content (AvgIpc) is 3.41. The van der Waals surface area contributed by atoms with Gasteiger partial charge in [-0.2, -0.15) is 0 Å². The van der Waals surface area contributed by atoms with Gasteiger partial charge in [0.25, 0.3) is 0 Å². The van der Waals surface area contributed by atoms with Crippen molar-refractivity contribution >= 4 is 29.1 Å². The zero-order valence-electron chi connectivity index (χ0n) is 16.1. The van der Waals surface area contributed by atoms with Crippen molar-refractivity contribution in [2.75, 3.05) is 16.8 Å². The Morgan fingerprint density at radius 1 is 1.00 bits per heavy atom. The molecule has 4 heterocycles. The number of hydrogen-bond acceptors (Lipinski definition) is 4. The second-order valence-electron chi connectivity index (χ2n) is 8.52. The number of amides is 3. The number of fused-ring (bicyclic) bond motifs is 7. The normalized spacial score (nSPS) is 32.7. The maximum absolute atomic E-state index is 13.7. The Hall–Kier alpha value is -2.99. The fourth-order valence-electron chi connectivity index (χ4n) is 6.11. The number of para-hydroxylation sites is 1. The fraction of sp³-hybridized carbons (Fsp3) is 0.348. The number of nitrogens with zero attached hydrogens (tertiary/aromatic N) is 2. The predicted molar refractivity (Wildman–Crippen MR) is 107 cm³/mol. The third-order valence-corrected chi connectivity index (χ3v) is 7.19. The topological polar surface area (TPSA) is 69.7 Å². The van der Waals surface area contributed by atoms with Crippen LogP contribution in [0.4, 0.5) is 11.4 Å². The Bertz CT molecular complexity index is 1080. The molecule has 6 rings (SSSR count). The van der Waals surface area contributed by atoms with Gasteiger partial charge in [0.05, 0.1) is 17.5 Å². The number of imide groups is 1. The SMILES string of the molecule is Cc1ccc(N2C(=O)[C@H]3[C@H]4CCCN4[C@@]4(C(=O)Nc5ccccc54)[C@@H]3C2=O)cc1. The molecule has 2 aromatic rings. The van der Waals surface area contributed by atoms with E-state index in [1.54, 1.807) is 0 Å². The van der Waals surface area contributed by atoms with E-state index >= 15 is 0 Å². The van der Waals surface area contributed by atoms with Crippen molar-refractivity contribution in [3.8, 4) is 0 Å². The van der Waals surface area contributed by atoms with Crippen molar-refractivity contribution in [2.24, 2.45) is 11.8 Å². The first-order valence-corrected chi connectivity index (χ1v) is 10.2. The number of aryl methyl sites for hydroxylation is 1. The third-order valence-electron chi connectivity index (χ3n) is 7.19. The standard InChI is InChI=1S/C23H21N3O3/c1-13-8-10-14(11-9-13)26-20(27)18-17-7-4-12-25(17)23(19(18)21(26)28)15-5-2-3-6-16(15)24-22(23)29/h2-3,5-6,8-11,17-19H,4,7,12H2,1H3,(H,24,29)/t17-,18+,19+,23-/m1/s1. The lowest BCUT2D eigenvalue weighted by molar-refractivity contribution is -0.135. The minimum absolute atomic E-state index is 0.0798. The highest BCUT2D eigenvalue weighted by Crippen LogP contribution is 2.60. The Kier molecular flexibility index (Phi) is 3.23. The quantitative estimate of drug-likeness (QED) is 0.763. The van der Waals surface area contributed by atoms with Crippen LogP contribution in [0, 0.1) is 18.8 Å². The van der Waals surface area contributed by atoms with Gasteiger partial charge in [-0.25, -0.2) is 4.90 Å². The summed E-state index contributed by atoms with van der Waals surface area (Å²) in [4.78, 5) is 44.2. The summed E-state index contributed by atoms with van der Waals surface area (Å²) in [5.41, 5.74) is 2.14. The number of hydrogen-bond donors (Lipinski definition) is 1. The van der Waals surface area contributed by atoms with Crippen molar-refractivity contribution < 1.29 is 14.4 Å². The van der Waals surface area contributed by atoms with E-state index in [0.717, 1.165) is 36.2 Å². The van der Waals surface area contributed by atoms with Crippen LogP contribution >= 0.6 is 0 Å². The second-order valence-corrected chi connectivity index (χ2v) is 8.52. The molecule has 6 nitrogen and oxygen atoms in total. The van der Waals surface area contributed by atoms with Crippen LogP contribution in [0.25, 0.3) is 0 Å². The Labute approximate surface area is 168 Å². The van der Waals surface area contributed by atoms with E-state index in [2.05, 4.69) is 10.2 Å². The average molecular weight is 387 g/mol. The van der Waals surface area contributed by atoms with Gasteiger partial charge in [-0.05, 0) is 44.5 Å². The molecular formula is C23H21N3O3. The fourth-order valence-corrected chi connectivity index (χ4v) is 6.11. The van der Waals surface area contributed by atoms with E-state index in [4.69, 9.17) is 0 Å². The van der Waals surface area contributed by atoms with Crippen LogP contribution in [0.5, 0.6) is 0 Å². The second kappa shape index (κ2) is 5.54. The minimum atomic E-state index is -1.09. The summed E-state index contributed by atoms with van der Waals surface area (Å²) in [5, 5.41) is 2.99. The first-order valence-electron chi connectivity index (χ1n) is 10.2. The van der Waals surface area contributed by atoms with Gasteiger partial charge >= 0.3 is 0 Å². The van der Waals surface area contributed by atoms with Crippen molar-refractivity contribution in [3.05, 3.63) is 59.7 Å². The number of nitrogens with one attached hydrogen (secondary N) is 1. The van der Waals surface area contributed by atoms with Gasteiger partial charge in [-0.1, -0.05) is 35.9 Å². The molecule has 1 N–H and O–H groups in total. The van der Waals surface area contributed by atoms with Gasteiger partial charge in [0, 0.05) is 17.3 Å². The molecule has 0 radical (unpaired) electrons. The molecular weight excluding hydrogens is 366 g/mol. The van der Waals surface area contributed by atoms with Crippen molar-refractivity contribution in [3.63, 3.8) is 0 Å². The molecule has 0 aromatic heterocycles. The molecule has 4 atom stereocenters. The van der Waals surface area contributed by atoms with Gasteiger partial charge in [-0.3, -0.25) is 19.3 Å². The lowest BCUT2D eigenvalue weighted by Gasteiger charge is -2.36. The predicted octanol–water partition coefficient (Wildman–Crippen LogP) is 2.43. The summed E-state index contributed by atoms with van der Waals surface area (Å²) in [7, 11) is 0. The van der Waals surface area contributed by atoms with Gasteiger partial charge < -0.3 is 5.32 Å². The molecule has 4 aliphatic rings. The molecule has 1 spiro atoms. The first kappa shape index (κ1) is 16.9. The third kappa shape index (κ3) is 1.88. The van der Waals surface area contributed by atoms with Crippen LogP contribution in [0.15, 0.2) is 48.5 Å². The van der Waals surface area contributed by atoms with Gasteiger partial charge in [0.2, 0.25) is 17.7 Å². The summed E-state index contributed by atoms with van der Waals surface area (Å²) in [6.07, 6.45) is 1.76. The lowest BCUT2D eigenvalue weighted by atomic mass is 9.75. The highest BCUT2D eigenvalue weighted by atomic mass is 16.2. The van der Waals surface area contributed by atoms with E-state index in [-0.39, 0.29) is 23.8 Å². The Morgan fingerprint density at radius 3 is 2.55 bits per heavy atom. The smallest absolute Gasteiger partial charge is 0.250 e. The summed E-state index contributed by atoms with van der Waals surface area (Å²) >= 11 is 0. The Morgan fingerprint density at radius 2 is 1.76 bits per heavy atom. The highest BCUT2D eigenvalue weighted by Gasteiger charge is 2.74. The maximum Gasteiger partial charge on any atom is 0.250 e. The Balaban J connectivity index is 1.55. The molecule has 29 heavy (non-hydrogen) atoms. The number of rotatable bonds is 1. The number of carbonyl (C=O) groups excluding carboxylic acids is 3. The molecule has 3 amide bonds. The van der Waals surface area contributed by atoms with Crippen molar-refractivity contribution in [1.82, 2.24) is 4.90 Å². The molecule has 2 aromatic carbocycles. The molecule has 0 saturated carbocycles. The van der Waals surface area contributed by atoms with E-state index < -0.39 is 17.4 Å². The van der Waals surface area contributed by atoms with Gasteiger partial charge in [0.1, 0.15) is 5.54 Å². The van der Waals surface area contributed by atoms with Crippen LogP contribution in [-0.2, 0) is 19.9 Å². The van der Waals surface area contributed by atoms with E-state index in [0.29, 0.717) is 5.69 Å². The maximum atomic E-state index is 13.7. The molecule has 0 unspecified atom stereocenters. The molecule has 146 valence electrons. The molecule has 0 aliphatic carbocycles. The summed E-state index contributed by atoms with van der Waals surface area (Å²) < 4.78 is 0. The van der Waals surface area contributed by atoms with Crippen LogP contribution in [0.2, 0.25) is 0 Å². The highest BCUT2D eigenvalue weighted by molar-refractivity contribution is 6.25. The van der Waals surface area contributed by atoms with Gasteiger partial charge in [-0.15, -0.1) is 0 Å². The lowest BCUT2D eigenvalue weighted by Crippen LogP contribution is -2.54. The van der Waals surface area contributed by atoms with Crippen LogP contribution < -0.4 is 10.2 Å². The van der Waals surface area contributed by atoms with E-state index in [1.807, 2.05) is 55.5 Å². The number of carbonyl (C=O) groups is 3. The summed E-state index contributed by atoms with van der Waals surface area (Å²) in [6.45, 7) is 2.70. The molecule has 3 saturated heterocycles. The summed E-state index contributed by atoms with van der Waals surface area (Å²) in [6, 6.07) is 14.9. The molecule has 3 fully saturated rings. The summed E-state index contributed by atoms with van der Waals surface area (Å²) in [5.74, 6) is -1.78. The number of anilines is 2. The van der Waals surface area contributed by atoms with Crippen molar-refractivity contribution in [1.29, 1.82) is 0 Å². The zero-order chi connectivity index (χ0) is 19.9. The monoisotopic (exact) mass is 387 g/mol. The van der Waals surface area contributed by atoms with Crippen molar-refractivity contribution in [2.45, 2.75) is 31.3 Å².